The summed E-state index contributed by atoms with van der Waals surface area (Å²) in [5.74, 6) is -0.162. The van der Waals surface area contributed by atoms with Crippen molar-refractivity contribution >= 4 is 0 Å². The second-order valence-electron chi connectivity index (χ2n) is 1.80. The zero-order chi connectivity index (χ0) is 9.98. The van der Waals surface area contributed by atoms with Gasteiger partial charge in [-0.05, 0) is 24.6 Å². The van der Waals surface area contributed by atoms with E-state index in [9.17, 15) is 4.39 Å². The monoisotopic (exact) mass is 170 g/mol. The van der Waals surface area contributed by atoms with E-state index in [1.54, 1.807) is 6.07 Å². The number of benzene rings is 1. The lowest BCUT2D eigenvalue weighted by molar-refractivity contribution is 0.626. The van der Waals surface area contributed by atoms with E-state index in [2.05, 4.69) is 0 Å². The summed E-state index contributed by atoms with van der Waals surface area (Å²) in [5, 5.41) is 0. The molecule has 0 amide bonds. The van der Waals surface area contributed by atoms with Gasteiger partial charge in [-0.25, -0.2) is 4.39 Å². The molecule has 0 nitrogen and oxygen atoms in total. The highest BCUT2D eigenvalue weighted by Gasteiger charge is 1.84. The first-order chi connectivity index (χ1) is 5.79. The Bertz CT molecular complexity index is 165. The Morgan fingerprint density at radius 2 is 1.50 bits per heavy atom. The number of hydrogen-bond donors (Lipinski definition) is 0. The minimum atomic E-state index is -0.162. The summed E-state index contributed by atoms with van der Waals surface area (Å²) in [4.78, 5) is 0. The van der Waals surface area contributed by atoms with E-state index in [0.717, 1.165) is 5.56 Å². The predicted molar refractivity (Wildman–Crippen MR) is 53.8 cm³/mol. The van der Waals surface area contributed by atoms with Crippen molar-refractivity contribution in [2.24, 2.45) is 0 Å². The number of hydrogen-bond acceptors (Lipinski definition) is 0. The van der Waals surface area contributed by atoms with Gasteiger partial charge < -0.3 is 0 Å². The van der Waals surface area contributed by atoms with Crippen molar-refractivity contribution in [3.8, 4) is 0 Å². The van der Waals surface area contributed by atoms with Crippen LogP contribution in [0, 0.1) is 12.7 Å². The van der Waals surface area contributed by atoms with E-state index < -0.39 is 0 Å². The summed E-state index contributed by atoms with van der Waals surface area (Å²) < 4.78 is 12.2. The van der Waals surface area contributed by atoms with Crippen LogP contribution >= 0.6 is 0 Å². The fourth-order valence-corrected chi connectivity index (χ4v) is 0.606. The maximum Gasteiger partial charge on any atom is 0.123 e. The number of aryl methyl sites for hydroxylation is 1. The van der Waals surface area contributed by atoms with Gasteiger partial charge in [-0.3, -0.25) is 0 Å². The Kier molecular flexibility index (Phi) is 11.6. The van der Waals surface area contributed by atoms with Crippen LogP contribution in [0.1, 0.15) is 33.3 Å². The highest BCUT2D eigenvalue weighted by Crippen LogP contribution is 1.99. The zero-order valence-electron chi connectivity index (χ0n) is 8.69. The quantitative estimate of drug-likeness (QED) is 0.547. The van der Waals surface area contributed by atoms with Gasteiger partial charge in [0.15, 0.2) is 0 Å². The first kappa shape index (κ1) is 13.7. The molecular formula is C11H19F. The summed E-state index contributed by atoms with van der Waals surface area (Å²) in [6, 6.07) is 6.50. The summed E-state index contributed by atoms with van der Waals surface area (Å²) in [7, 11) is 0. The highest BCUT2D eigenvalue weighted by atomic mass is 19.1. The molecule has 70 valence electrons. The molecule has 0 aliphatic heterocycles. The van der Waals surface area contributed by atoms with Crippen molar-refractivity contribution in [3.63, 3.8) is 0 Å². The molecule has 0 saturated heterocycles. The van der Waals surface area contributed by atoms with Crippen molar-refractivity contribution in [3.05, 3.63) is 35.6 Å². The zero-order valence-corrected chi connectivity index (χ0v) is 8.69. The van der Waals surface area contributed by atoms with Crippen molar-refractivity contribution in [1.82, 2.24) is 0 Å². The molecule has 0 N–H and O–H groups in total. The van der Waals surface area contributed by atoms with Crippen LogP contribution in [0.5, 0.6) is 0 Å². The van der Waals surface area contributed by atoms with Crippen LogP contribution in [0.2, 0.25) is 0 Å². The average Bonchev–Trinajstić information content (AvgIpc) is 2.11. The molecule has 0 atom stereocenters. The van der Waals surface area contributed by atoms with Crippen LogP contribution in [0.4, 0.5) is 4.39 Å². The van der Waals surface area contributed by atoms with Gasteiger partial charge >= 0.3 is 0 Å². The molecule has 0 aromatic heterocycles. The van der Waals surface area contributed by atoms with Crippen molar-refractivity contribution in [2.45, 2.75) is 34.6 Å². The standard InChI is InChI=1S/C7H7F.2C2H6/c1-6-3-2-4-7(8)5-6;2*1-2/h2-5H,1H3;2*1-2H3. The third-order valence-electron chi connectivity index (χ3n) is 0.980. The Morgan fingerprint density at radius 3 is 1.75 bits per heavy atom. The summed E-state index contributed by atoms with van der Waals surface area (Å²) in [6.45, 7) is 9.86. The maximum absolute atomic E-state index is 12.2. The molecule has 0 heterocycles. The second kappa shape index (κ2) is 10.2. The molecule has 0 aliphatic rings. The lowest BCUT2D eigenvalue weighted by Gasteiger charge is -1.87. The largest absolute Gasteiger partial charge is 0.207 e. The molecule has 0 unspecified atom stereocenters. The van der Waals surface area contributed by atoms with Gasteiger partial charge in [0.25, 0.3) is 0 Å². The highest BCUT2D eigenvalue weighted by molar-refractivity contribution is 5.13. The van der Waals surface area contributed by atoms with Gasteiger partial charge in [0, 0.05) is 0 Å². The van der Waals surface area contributed by atoms with E-state index in [4.69, 9.17) is 0 Å². The minimum Gasteiger partial charge on any atom is -0.207 e. The first-order valence-electron chi connectivity index (χ1n) is 4.51. The van der Waals surface area contributed by atoms with Crippen LogP contribution in [0.3, 0.4) is 0 Å². The van der Waals surface area contributed by atoms with Crippen LogP contribution in [-0.4, -0.2) is 0 Å². The van der Waals surface area contributed by atoms with E-state index in [-0.39, 0.29) is 5.82 Å². The van der Waals surface area contributed by atoms with E-state index in [1.165, 1.54) is 12.1 Å². The second-order valence-corrected chi connectivity index (χ2v) is 1.80. The van der Waals surface area contributed by atoms with Gasteiger partial charge in [-0.1, -0.05) is 39.8 Å². The fourth-order valence-electron chi connectivity index (χ4n) is 0.606. The molecule has 0 fully saturated rings. The molecule has 0 radical (unpaired) electrons. The topological polar surface area (TPSA) is 0 Å². The van der Waals surface area contributed by atoms with Crippen LogP contribution in [0.25, 0.3) is 0 Å². The number of halogens is 1. The first-order valence-corrected chi connectivity index (χ1v) is 4.51. The smallest absolute Gasteiger partial charge is 0.123 e. The Balaban J connectivity index is 0. The Labute approximate surface area is 75.4 Å². The van der Waals surface area contributed by atoms with Crippen molar-refractivity contribution in [2.75, 3.05) is 0 Å². The number of rotatable bonds is 0. The molecule has 0 bridgehead atoms. The van der Waals surface area contributed by atoms with Crippen molar-refractivity contribution < 1.29 is 4.39 Å². The van der Waals surface area contributed by atoms with Gasteiger partial charge in [0.1, 0.15) is 5.82 Å². The lowest BCUT2D eigenvalue weighted by atomic mass is 10.2. The molecule has 1 rings (SSSR count). The van der Waals surface area contributed by atoms with Crippen LogP contribution in [0.15, 0.2) is 24.3 Å². The molecule has 0 spiro atoms. The molecule has 12 heavy (non-hydrogen) atoms. The molecule has 0 saturated carbocycles. The minimum absolute atomic E-state index is 0.162. The van der Waals surface area contributed by atoms with Gasteiger partial charge in [-0.15, -0.1) is 0 Å². The summed E-state index contributed by atoms with van der Waals surface area (Å²) in [6.07, 6.45) is 0. The van der Waals surface area contributed by atoms with Crippen molar-refractivity contribution in [1.29, 1.82) is 0 Å². The van der Waals surface area contributed by atoms with Crippen LogP contribution in [-0.2, 0) is 0 Å². The Hall–Kier alpha value is -0.850. The molecular weight excluding hydrogens is 151 g/mol. The predicted octanol–water partition coefficient (Wildman–Crippen LogP) is 4.19. The average molecular weight is 170 g/mol. The summed E-state index contributed by atoms with van der Waals surface area (Å²) in [5.41, 5.74) is 0.963. The van der Waals surface area contributed by atoms with Crippen LogP contribution < -0.4 is 0 Å². The SMILES string of the molecule is CC.CC.Cc1cccc(F)c1. The van der Waals surface area contributed by atoms with Gasteiger partial charge in [0.2, 0.25) is 0 Å². The fraction of sp³-hybridized carbons (Fsp3) is 0.455. The molecule has 0 aliphatic carbocycles. The van der Waals surface area contributed by atoms with Gasteiger partial charge in [0.05, 0.1) is 0 Å². The molecule has 1 aromatic rings. The van der Waals surface area contributed by atoms with E-state index in [1.807, 2.05) is 40.7 Å². The third kappa shape index (κ3) is 7.26. The normalized spacial score (nSPS) is 7.17. The van der Waals surface area contributed by atoms with E-state index in [0.29, 0.717) is 0 Å². The molecule has 1 heteroatoms. The summed E-state index contributed by atoms with van der Waals surface area (Å²) >= 11 is 0. The Morgan fingerprint density at radius 1 is 1.00 bits per heavy atom. The third-order valence-corrected chi connectivity index (χ3v) is 0.980. The van der Waals surface area contributed by atoms with Gasteiger partial charge in [-0.2, -0.15) is 0 Å². The van der Waals surface area contributed by atoms with E-state index >= 15 is 0 Å². The lowest BCUT2D eigenvalue weighted by Crippen LogP contribution is -1.72. The maximum atomic E-state index is 12.2. The molecule has 1 aromatic carbocycles.